The number of nitrogens with zero attached hydrogens (tertiary/aromatic N) is 3. The SMILES string of the molecule is O=c1c2cc([N+](=O)[O-])ccc2cnn1-c1ccccc1C(F)(F)F. The van der Waals surface area contributed by atoms with Crippen LogP contribution in [0, 0.1) is 10.1 Å². The third kappa shape index (κ3) is 2.60. The maximum atomic E-state index is 13.1. The van der Waals surface area contributed by atoms with Crippen LogP contribution in [-0.2, 0) is 6.18 Å². The van der Waals surface area contributed by atoms with Crippen molar-refractivity contribution in [3.05, 3.63) is 74.7 Å². The normalized spacial score (nSPS) is 11.6. The van der Waals surface area contributed by atoms with Crippen LogP contribution in [0.15, 0.2) is 53.5 Å². The molecule has 0 atom stereocenters. The van der Waals surface area contributed by atoms with Gasteiger partial charge in [0.05, 0.1) is 27.8 Å². The van der Waals surface area contributed by atoms with E-state index in [1.807, 2.05) is 0 Å². The molecule has 3 rings (SSSR count). The second kappa shape index (κ2) is 5.44. The Hall–Kier alpha value is -3.23. The van der Waals surface area contributed by atoms with E-state index in [-0.39, 0.29) is 11.1 Å². The number of fused-ring (bicyclic) bond motifs is 1. The monoisotopic (exact) mass is 335 g/mol. The fourth-order valence-corrected chi connectivity index (χ4v) is 2.31. The Morgan fingerprint density at radius 1 is 1.12 bits per heavy atom. The van der Waals surface area contributed by atoms with E-state index in [9.17, 15) is 28.1 Å². The minimum atomic E-state index is -4.67. The number of aromatic nitrogens is 2. The fourth-order valence-electron chi connectivity index (χ4n) is 2.31. The minimum absolute atomic E-state index is 0.0869. The largest absolute Gasteiger partial charge is 0.418 e. The smallest absolute Gasteiger partial charge is 0.267 e. The molecule has 9 heteroatoms. The highest BCUT2D eigenvalue weighted by Crippen LogP contribution is 2.33. The van der Waals surface area contributed by atoms with Crippen LogP contribution in [0.25, 0.3) is 16.5 Å². The van der Waals surface area contributed by atoms with Crippen molar-refractivity contribution in [3.63, 3.8) is 0 Å². The number of benzene rings is 2. The van der Waals surface area contributed by atoms with Gasteiger partial charge in [0.2, 0.25) is 0 Å². The van der Waals surface area contributed by atoms with Gasteiger partial charge in [-0.3, -0.25) is 14.9 Å². The molecule has 3 aromatic rings. The lowest BCUT2D eigenvalue weighted by atomic mass is 10.1. The maximum absolute atomic E-state index is 13.1. The standard InChI is InChI=1S/C15H8F3N3O3/c16-15(17,18)12-3-1-2-4-13(12)20-14(22)11-7-10(21(23)24)6-5-9(11)8-19-20/h1-8H. The zero-order valence-electron chi connectivity index (χ0n) is 11.8. The summed E-state index contributed by atoms with van der Waals surface area (Å²) < 4.78 is 39.9. The van der Waals surface area contributed by atoms with Crippen LogP contribution >= 0.6 is 0 Å². The van der Waals surface area contributed by atoms with Crippen molar-refractivity contribution in [2.45, 2.75) is 6.18 Å². The Balaban J connectivity index is 2.31. The molecule has 0 radical (unpaired) electrons. The molecule has 0 saturated heterocycles. The highest BCUT2D eigenvalue weighted by Gasteiger charge is 2.34. The van der Waals surface area contributed by atoms with E-state index in [1.54, 1.807) is 0 Å². The van der Waals surface area contributed by atoms with Crippen LogP contribution in [0.2, 0.25) is 0 Å². The zero-order valence-corrected chi connectivity index (χ0v) is 11.8. The number of alkyl halides is 3. The van der Waals surface area contributed by atoms with Crippen LogP contribution in [0.1, 0.15) is 5.56 Å². The number of halogens is 3. The van der Waals surface area contributed by atoms with Crippen LogP contribution in [0.3, 0.4) is 0 Å². The quantitative estimate of drug-likeness (QED) is 0.532. The molecule has 0 N–H and O–H groups in total. The van der Waals surface area contributed by atoms with Crippen molar-refractivity contribution < 1.29 is 18.1 Å². The number of nitro groups is 1. The molecule has 6 nitrogen and oxygen atoms in total. The molecular weight excluding hydrogens is 327 g/mol. The molecule has 0 saturated carbocycles. The average Bonchev–Trinajstić information content (AvgIpc) is 2.54. The van der Waals surface area contributed by atoms with Gasteiger partial charge in [0, 0.05) is 17.5 Å². The highest BCUT2D eigenvalue weighted by molar-refractivity contribution is 5.83. The predicted octanol–water partition coefficient (Wildman–Crippen LogP) is 3.31. The summed E-state index contributed by atoms with van der Waals surface area (Å²) in [5, 5.41) is 14.8. The number of hydrogen-bond donors (Lipinski definition) is 0. The molecular formula is C15H8F3N3O3. The highest BCUT2D eigenvalue weighted by atomic mass is 19.4. The molecule has 0 amide bonds. The Morgan fingerprint density at radius 2 is 1.83 bits per heavy atom. The number of para-hydroxylation sites is 1. The summed E-state index contributed by atoms with van der Waals surface area (Å²) >= 11 is 0. The molecule has 122 valence electrons. The molecule has 0 fully saturated rings. The van der Waals surface area contributed by atoms with E-state index in [0.717, 1.165) is 18.2 Å². The first kappa shape index (κ1) is 15.7. The molecule has 0 aliphatic rings. The van der Waals surface area contributed by atoms with Crippen molar-refractivity contribution in [1.82, 2.24) is 9.78 Å². The van der Waals surface area contributed by atoms with E-state index >= 15 is 0 Å². The maximum Gasteiger partial charge on any atom is 0.418 e. The second-order valence-corrected chi connectivity index (χ2v) is 4.91. The first-order valence-corrected chi connectivity index (χ1v) is 6.62. The van der Waals surface area contributed by atoms with Crippen LogP contribution in [0.5, 0.6) is 0 Å². The van der Waals surface area contributed by atoms with Crippen molar-refractivity contribution in [3.8, 4) is 5.69 Å². The molecule has 0 spiro atoms. The van der Waals surface area contributed by atoms with E-state index in [0.29, 0.717) is 10.1 Å². The molecule has 0 aliphatic carbocycles. The summed E-state index contributed by atoms with van der Waals surface area (Å²) in [5.74, 6) is 0. The molecule has 1 aromatic heterocycles. The lowest BCUT2D eigenvalue weighted by molar-refractivity contribution is -0.384. The third-order valence-electron chi connectivity index (χ3n) is 3.42. The number of rotatable bonds is 2. The summed E-state index contributed by atoms with van der Waals surface area (Å²) in [6, 6.07) is 8.02. The summed E-state index contributed by atoms with van der Waals surface area (Å²) in [5.41, 5.74) is -2.66. The summed E-state index contributed by atoms with van der Waals surface area (Å²) in [4.78, 5) is 22.6. The third-order valence-corrected chi connectivity index (χ3v) is 3.42. The van der Waals surface area contributed by atoms with Gasteiger partial charge in [0.15, 0.2) is 0 Å². The summed E-state index contributed by atoms with van der Waals surface area (Å²) in [7, 11) is 0. The van der Waals surface area contributed by atoms with E-state index < -0.39 is 27.9 Å². The molecule has 2 aromatic carbocycles. The zero-order chi connectivity index (χ0) is 17.5. The summed E-state index contributed by atoms with van der Waals surface area (Å²) in [6.45, 7) is 0. The van der Waals surface area contributed by atoms with Gasteiger partial charge in [-0.1, -0.05) is 12.1 Å². The molecule has 1 heterocycles. The Kier molecular flexibility index (Phi) is 3.55. The Morgan fingerprint density at radius 3 is 2.50 bits per heavy atom. The molecule has 0 aliphatic heterocycles. The molecule has 24 heavy (non-hydrogen) atoms. The van der Waals surface area contributed by atoms with Gasteiger partial charge in [0.25, 0.3) is 11.2 Å². The van der Waals surface area contributed by atoms with Crippen LogP contribution in [0.4, 0.5) is 18.9 Å². The Labute approximate surface area is 131 Å². The lowest BCUT2D eigenvalue weighted by Crippen LogP contribution is -2.24. The van der Waals surface area contributed by atoms with Crippen molar-refractivity contribution in [2.24, 2.45) is 0 Å². The van der Waals surface area contributed by atoms with Gasteiger partial charge < -0.3 is 0 Å². The number of hydrogen-bond acceptors (Lipinski definition) is 4. The predicted molar refractivity (Wildman–Crippen MR) is 79.0 cm³/mol. The summed E-state index contributed by atoms with van der Waals surface area (Å²) in [6.07, 6.45) is -3.48. The van der Waals surface area contributed by atoms with E-state index in [1.165, 1.54) is 30.5 Å². The topological polar surface area (TPSA) is 78.0 Å². The first-order valence-electron chi connectivity index (χ1n) is 6.62. The van der Waals surface area contributed by atoms with Gasteiger partial charge in [-0.2, -0.15) is 23.0 Å². The first-order chi connectivity index (χ1) is 11.3. The van der Waals surface area contributed by atoms with Gasteiger partial charge in [-0.25, -0.2) is 0 Å². The molecule has 0 unspecified atom stereocenters. The number of non-ortho nitro benzene ring substituents is 1. The van der Waals surface area contributed by atoms with Gasteiger partial charge in [-0.05, 0) is 18.2 Å². The Bertz CT molecular complexity index is 1010. The lowest BCUT2D eigenvalue weighted by Gasteiger charge is -2.13. The minimum Gasteiger partial charge on any atom is -0.267 e. The van der Waals surface area contributed by atoms with Gasteiger partial charge in [0.1, 0.15) is 0 Å². The van der Waals surface area contributed by atoms with E-state index in [2.05, 4.69) is 5.10 Å². The van der Waals surface area contributed by atoms with E-state index in [4.69, 9.17) is 0 Å². The van der Waals surface area contributed by atoms with Crippen molar-refractivity contribution in [1.29, 1.82) is 0 Å². The van der Waals surface area contributed by atoms with Gasteiger partial charge >= 0.3 is 6.18 Å². The second-order valence-electron chi connectivity index (χ2n) is 4.91. The number of nitro benzene ring substituents is 1. The fraction of sp³-hybridized carbons (Fsp3) is 0.0667. The van der Waals surface area contributed by atoms with Crippen molar-refractivity contribution in [2.75, 3.05) is 0 Å². The van der Waals surface area contributed by atoms with Gasteiger partial charge in [-0.15, -0.1) is 0 Å². The van der Waals surface area contributed by atoms with Crippen LogP contribution < -0.4 is 5.56 Å². The van der Waals surface area contributed by atoms with Crippen molar-refractivity contribution >= 4 is 16.5 Å². The van der Waals surface area contributed by atoms with Crippen LogP contribution in [-0.4, -0.2) is 14.7 Å². The average molecular weight is 335 g/mol. The molecule has 0 bridgehead atoms.